The molecule has 4 saturated heterocycles. The van der Waals surface area contributed by atoms with Gasteiger partial charge in [-0.05, 0) is 124 Å². The van der Waals surface area contributed by atoms with Crippen molar-refractivity contribution < 1.29 is 51.0 Å². The molecule has 7 rings (SSSR count). The number of aromatic amines is 1. The molecule has 0 saturated carbocycles. The smallest absolute Gasteiger partial charge is 0.266 e. The quantitative estimate of drug-likeness (QED) is 0.0499. The van der Waals surface area contributed by atoms with Gasteiger partial charge in [0.05, 0.1) is 19.8 Å². The Labute approximate surface area is 415 Å². The number of nitrogens with zero attached hydrogens (tertiary/aromatic N) is 4. The second-order valence-corrected chi connectivity index (χ2v) is 23.6. The molecule has 20 heteroatoms. The van der Waals surface area contributed by atoms with Gasteiger partial charge in [-0.3, -0.25) is 24.9 Å². The number of unbranched alkanes of at least 4 members (excludes halogenated alkanes) is 2. The Hall–Kier alpha value is -4.12. The number of carbonyl (C=O) groups excluding carboxylic acids is 2. The second-order valence-electron chi connectivity index (χ2n) is 19.1. The van der Waals surface area contributed by atoms with Crippen molar-refractivity contribution in [1.82, 2.24) is 34.4 Å². The average molecular weight is 1020 g/mol. The number of rotatable bonds is 21. The van der Waals surface area contributed by atoms with E-state index in [0.717, 1.165) is 42.9 Å². The maximum absolute atomic E-state index is 13.8. The van der Waals surface area contributed by atoms with Crippen LogP contribution in [0.15, 0.2) is 66.9 Å². The highest BCUT2D eigenvalue weighted by molar-refractivity contribution is 7.91. The van der Waals surface area contributed by atoms with Gasteiger partial charge in [0.1, 0.15) is 11.5 Å². The molecule has 0 bridgehead atoms. The second kappa shape index (κ2) is 26.0. The fraction of sp³-hybridized carbons (Fsp3) is 0.640. The number of hydrogen-bond acceptors (Lipinski definition) is 13. The molecule has 2 aromatic carbocycles. The maximum Gasteiger partial charge on any atom is 0.266 e. The summed E-state index contributed by atoms with van der Waals surface area (Å²) in [7, 11) is -6.28. The van der Waals surface area contributed by atoms with Crippen LogP contribution in [0.2, 0.25) is 0 Å². The van der Waals surface area contributed by atoms with E-state index in [-0.39, 0.29) is 37.5 Å². The lowest BCUT2D eigenvalue weighted by atomic mass is 9.90. The average Bonchev–Trinajstić information content (AvgIpc) is 3.92. The molecule has 0 spiro atoms. The lowest BCUT2D eigenvalue weighted by Gasteiger charge is -2.43. The van der Waals surface area contributed by atoms with Crippen LogP contribution in [0.1, 0.15) is 120 Å². The van der Waals surface area contributed by atoms with Crippen LogP contribution in [0, 0.1) is 0 Å². The number of sulfonamides is 2. The predicted molar refractivity (Wildman–Crippen MR) is 267 cm³/mol. The number of piperidine rings is 4. The number of H-pyrrole nitrogens is 1. The summed E-state index contributed by atoms with van der Waals surface area (Å²) in [5.74, 6) is 0.557. The van der Waals surface area contributed by atoms with Crippen LogP contribution in [0.5, 0.6) is 11.5 Å². The molecule has 70 heavy (non-hydrogen) atoms. The van der Waals surface area contributed by atoms with Gasteiger partial charge in [0, 0.05) is 84.4 Å². The molecular formula is C50H77N7O11S2. The van der Waals surface area contributed by atoms with Gasteiger partial charge in [0.2, 0.25) is 20.0 Å². The van der Waals surface area contributed by atoms with Gasteiger partial charge in [0.15, 0.2) is 9.49 Å². The van der Waals surface area contributed by atoms with Crippen molar-refractivity contribution in [2.45, 2.75) is 119 Å². The van der Waals surface area contributed by atoms with Crippen LogP contribution in [0.3, 0.4) is 0 Å². The standard InChI is InChI=1S/C26H38N4O5S.C24H39N3O6S/c1-2-3-19-35-24-8-6-21(7-9-24)22-10-15-30(16-11-22)36(33,34)26(25(31)28-32)12-17-29(18-13-26)20-23-5-4-14-27-23;1-3-4-18-33-22-7-5-20(6-8-22)21-9-13-27(14-10-21)34(30,31)24(23(28)25-29)11-15-26(16-12-24)17-19-32-2/h4-9,14,22,27,32H,2-3,10-13,15-20H2,1H3,(H,28,31);5-8,21,29H,3-4,9-19H2,1-2H3,(H,25,28). The van der Waals surface area contributed by atoms with E-state index < -0.39 is 41.4 Å². The highest BCUT2D eigenvalue weighted by Crippen LogP contribution is 2.40. The zero-order chi connectivity index (χ0) is 50.2. The number of ether oxygens (including phenoxy) is 3. The van der Waals surface area contributed by atoms with Gasteiger partial charge in [0.25, 0.3) is 11.8 Å². The molecule has 4 aliphatic heterocycles. The summed E-state index contributed by atoms with van der Waals surface area (Å²) in [5, 5.41) is 18.8. The molecule has 4 fully saturated rings. The van der Waals surface area contributed by atoms with Crippen molar-refractivity contribution in [1.29, 1.82) is 0 Å². The van der Waals surface area contributed by atoms with Gasteiger partial charge < -0.3 is 24.1 Å². The summed E-state index contributed by atoms with van der Waals surface area (Å²) in [6.07, 6.45) is 9.39. The topological polar surface area (TPSA) is 223 Å². The molecule has 0 atom stereocenters. The first kappa shape index (κ1) is 55.2. The minimum atomic E-state index is -3.96. The summed E-state index contributed by atoms with van der Waals surface area (Å²) >= 11 is 0. The van der Waals surface area contributed by atoms with Crippen LogP contribution < -0.4 is 20.4 Å². The maximum atomic E-state index is 13.8. The molecule has 0 unspecified atom stereocenters. The SMILES string of the molecule is CCCCOc1ccc(C2CCN(S(=O)(=O)C3(C(=O)NO)CCN(CCOC)CC3)CC2)cc1.CCCCOc1ccc(C2CCN(S(=O)(=O)C3(C(=O)NO)CCN(Cc4ccc[nH]4)CC3)CC2)cc1. The largest absolute Gasteiger partial charge is 0.494 e. The van der Waals surface area contributed by atoms with Gasteiger partial charge in [-0.25, -0.2) is 36.4 Å². The molecule has 390 valence electrons. The molecule has 4 aliphatic rings. The number of methoxy groups -OCH3 is 1. The van der Waals surface area contributed by atoms with E-state index in [2.05, 4.69) is 52.9 Å². The Kier molecular flexibility index (Phi) is 20.5. The van der Waals surface area contributed by atoms with Gasteiger partial charge in [-0.2, -0.15) is 0 Å². The number of amides is 2. The monoisotopic (exact) mass is 1020 g/mol. The van der Waals surface area contributed by atoms with Crippen LogP contribution in [-0.4, -0.2) is 158 Å². The number of hydroxylamine groups is 2. The van der Waals surface area contributed by atoms with E-state index in [1.54, 1.807) is 18.1 Å². The highest BCUT2D eigenvalue weighted by Gasteiger charge is 2.56. The third-order valence-electron chi connectivity index (χ3n) is 14.8. The van der Waals surface area contributed by atoms with Crippen LogP contribution >= 0.6 is 0 Å². The van der Waals surface area contributed by atoms with Crippen molar-refractivity contribution in [3.63, 3.8) is 0 Å². The lowest BCUT2D eigenvalue weighted by molar-refractivity contribution is -0.134. The third-order valence-corrected chi connectivity index (χ3v) is 20.1. The number of carbonyl (C=O) groups is 2. The number of hydrogen-bond donors (Lipinski definition) is 5. The molecule has 5 N–H and O–H groups in total. The Morgan fingerprint density at radius 3 is 1.40 bits per heavy atom. The summed E-state index contributed by atoms with van der Waals surface area (Å²) in [6.45, 7) is 10.8. The van der Waals surface area contributed by atoms with Crippen molar-refractivity contribution in [2.24, 2.45) is 0 Å². The molecule has 1 aromatic heterocycles. The predicted octanol–water partition coefficient (Wildman–Crippen LogP) is 5.60. The first-order valence-corrected chi connectivity index (χ1v) is 28.0. The zero-order valence-corrected chi connectivity index (χ0v) is 43.0. The number of aromatic nitrogens is 1. The van der Waals surface area contributed by atoms with Crippen LogP contribution in [0.4, 0.5) is 0 Å². The van der Waals surface area contributed by atoms with E-state index >= 15 is 0 Å². The molecule has 5 heterocycles. The van der Waals surface area contributed by atoms with Gasteiger partial charge in [-0.15, -0.1) is 0 Å². The summed E-state index contributed by atoms with van der Waals surface area (Å²) in [6, 6.07) is 20.1. The summed E-state index contributed by atoms with van der Waals surface area (Å²) in [5.41, 5.74) is 6.69. The molecule has 0 radical (unpaired) electrons. The Morgan fingerprint density at radius 1 is 0.629 bits per heavy atom. The lowest BCUT2D eigenvalue weighted by Crippen LogP contribution is -2.62. The first-order chi connectivity index (χ1) is 33.8. The van der Waals surface area contributed by atoms with E-state index in [9.17, 15) is 36.8 Å². The van der Waals surface area contributed by atoms with E-state index in [1.807, 2.05) is 42.6 Å². The first-order valence-electron chi connectivity index (χ1n) is 25.2. The number of benzene rings is 2. The van der Waals surface area contributed by atoms with Crippen molar-refractivity contribution >= 4 is 31.9 Å². The molecule has 0 aliphatic carbocycles. The van der Waals surface area contributed by atoms with Crippen LogP contribution in [0.25, 0.3) is 0 Å². The Morgan fingerprint density at radius 2 is 1.04 bits per heavy atom. The molecule has 3 aromatic rings. The molecular weight excluding hydrogens is 939 g/mol. The van der Waals surface area contributed by atoms with Gasteiger partial charge in [-0.1, -0.05) is 51.0 Å². The minimum absolute atomic E-state index is 0.141. The highest BCUT2D eigenvalue weighted by atomic mass is 32.2. The van der Waals surface area contributed by atoms with Crippen molar-refractivity contribution in [3.8, 4) is 11.5 Å². The van der Waals surface area contributed by atoms with Crippen molar-refractivity contribution in [3.05, 3.63) is 83.7 Å². The normalized spacial score (nSPS) is 20.0. The van der Waals surface area contributed by atoms with E-state index in [4.69, 9.17) is 14.2 Å². The fourth-order valence-electron chi connectivity index (χ4n) is 10.2. The number of nitrogens with one attached hydrogen (secondary N) is 3. The number of likely N-dealkylation sites (tertiary alicyclic amines) is 2. The molecule has 2 amide bonds. The van der Waals surface area contributed by atoms with E-state index in [1.165, 1.54) is 19.7 Å². The zero-order valence-electron chi connectivity index (χ0n) is 41.4. The third kappa shape index (κ3) is 13.1. The fourth-order valence-corrected chi connectivity index (χ4v) is 14.6. The minimum Gasteiger partial charge on any atom is -0.494 e. The summed E-state index contributed by atoms with van der Waals surface area (Å²) in [4.78, 5) is 32.9. The summed E-state index contributed by atoms with van der Waals surface area (Å²) < 4.78 is 71.2. The molecule has 18 nitrogen and oxygen atoms in total. The van der Waals surface area contributed by atoms with Crippen LogP contribution in [-0.2, 0) is 40.9 Å². The van der Waals surface area contributed by atoms with Crippen molar-refractivity contribution in [2.75, 3.05) is 85.8 Å². The Bertz CT molecular complexity index is 2270. The van der Waals surface area contributed by atoms with Gasteiger partial charge >= 0.3 is 0 Å². The van der Waals surface area contributed by atoms with E-state index in [0.29, 0.717) is 111 Å². The Balaban J connectivity index is 0.000000230.